The van der Waals surface area contributed by atoms with Crippen molar-refractivity contribution >= 4 is 34.8 Å². The number of para-hydroxylation sites is 1. The number of aryl methyl sites for hydroxylation is 1. The monoisotopic (exact) mass is 451 g/mol. The number of rotatable bonds is 4. The molecule has 0 radical (unpaired) electrons. The number of fused-ring (bicyclic) bond motifs is 1. The maximum absolute atomic E-state index is 12.9. The molecule has 1 aliphatic carbocycles. The molecule has 1 aromatic heterocycles. The zero-order chi connectivity index (χ0) is 22.8. The Morgan fingerprint density at radius 3 is 2.59 bits per heavy atom. The molecule has 1 heterocycles. The third kappa shape index (κ3) is 4.11. The van der Waals surface area contributed by atoms with Gasteiger partial charge in [-0.1, -0.05) is 29.8 Å². The van der Waals surface area contributed by atoms with Gasteiger partial charge in [0.15, 0.2) is 5.76 Å². The van der Waals surface area contributed by atoms with Gasteiger partial charge in [-0.3, -0.25) is 9.59 Å². The number of carbonyl (C=O) groups excluding carboxylic acids is 2. The Hall–Kier alpha value is -3.58. The number of aromatic hydroxyl groups is 1. The summed E-state index contributed by atoms with van der Waals surface area (Å²) < 4.78 is 5.90. The van der Waals surface area contributed by atoms with E-state index in [4.69, 9.17) is 16.0 Å². The lowest BCUT2D eigenvalue weighted by Gasteiger charge is -2.13. The highest BCUT2D eigenvalue weighted by atomic mass is 35.5. The van der Waals surface area contributed by atoms with Gasteiger partial charge < -0.3 is 14.8 Å². The highest BCUT2D eigenvalue weighted by Crippen LogP contribution is 2.31. The van der Waals surface area contributed by atoms with Crippen molar-refractivity contribution in [1.82, 2.24) is 5.43 Å². The van der Waals surface area contributed by atoms with Crippen LogP contribution in [0, 0.1) is 13.8 Å². The maximum atomic E-state index is 12.9. The van der Waals surface area contributed by atoms with E-state index in [1.807, 2.05) is 6.92 Å². The van der Waals surface area contributed by atoms with Crippen molar-refractivity contribution in [2.45, 2.75) is 33.1 Å². The molecular weight excluding hydrogens is 430 g/mol. The van der Waals surface area contributed by atoms with Crippen molar-refractivity contribution in [3.05, 3.63) is 81.3 Å². The van der Waals surface area contributed by atoms with Crippen molar-refractivity contribution in [2.24, 2.45) is 5.10 Å². The van der Waals surface area contributed by atoms with Crippen LogP contribution in [-0.4, -0.2) is 22.6 Å². The first-order valence-electron chi connectivity index (χ1n) is 10.2. The molecule has 2 amide bonds. The number of benzene rings is 2. The second-order valence-corrected chi connectivity index (χ2v) is 8.00. The van der Waals surface area contributed by atoms with Crippen LogP contribution >= 0.6 is 11.6 Å². The maximum Gasteiger partial charge on any atom is 0.291 e. The van der Waals surface area contributed by atoms with Crippen LogP contribution < -0.4 is 10.7 Å². The Labute approximate surface area is 190 Å². The molecule has 0 atom stereocenters. The number of nitrogens with zero attached hydrogens (tertiary/aromatic N) is 1. The third-order valence-electron chi connectivity index (χ3n) is 5.49. The standard InChI is InChI=1S/C24H22ClN3O4/c1-13-16(25)8-5-9-17(13)26-24(31)22-14(2)21-18(10-6-12-20(21)32-22)27-28-23(30)15-7-3-4-11-19(15)29/h3-5,7-9,11,29H,6,10,12H2,1-2H3,(H,26,31)(H,28,30)/b27-18+. The molecule has 7 nitrogen and oxygen atoms in total. The molecule has 0 unspecified atom stereocenters. The van der Waals surface area contributed by atoms with Gasteiger partial charge in [-0.05, 0) is 56.5 Å². The molecule has 0 saturated heterocycles. The van der Waals surface area contributed by atoms with E-state index in [0.29, 0.717) is 40.6 Å². The van der Waals surface area contributed by atoms with Crippen LogP contribution in [0.3, 0.4) is 0 Å². The Morgan fingerprint density at radius 1 is 1.03 bits per heavy atom. The van der Waals surface area contributed by atoms with Gasteiger partial charge in [0, 0.05) is 28.3 Å². The molecule has 0 spiro atoms. The average Bonchev–Trinajstić information content (AvgIpc) is 3.13. The number of nitrogens with one attached hydrogen (secondary N) is 2. The summed E-state index contributed by atoms with van der Waals surface area (Å²) in [6.07, 6.45) is 2.08. The highest BCUT2D eigenvalue weighted by molar-refractivity contribution is 6.31. The lowest BCUT2D eigenvalue weighted by Crippen LogP contribution is -2.22. The van der Waals surface area contributed by atoms with Crippen LogP contribution in [0.1, 0.15) is 56.2 Å². The van der Waals surface area contributed by atoms with Gasteiger partial charge in [0.2, 0.25) is 0 Å². The minimum atomic E-state index is -0.515. The second-order valence-electron chi connectivity index (χ2n) is 7.59. The summed E-state index contributed by atoms with van der Waals surface area (Å²) in [5, 5.41) is 17.6. The van der Waals surface area contributed by atoms with Crippen LogP contribution in [0.15, 0.2) is 52.0 Å². The normalized spacial score (nSPS) is 14.2. The molecule has 2 aromatic carbocycles. The molecule has 3 N–H and O–H groups in total. The van der Waals surface area contributed by atoms with E-state index in [1.54, 1.807) is 37.3 Å². The zero-order valence-electron chi connectivity index (χ0n) is 17.7. The number of halogens is 1. The minimum absolute atomic E-state index is 0.121. The minimum Gasteiger partial charge on any atom is -0.507 e. The summed E-state index contributed by atoms with van der Waals surface area (Å²) in [6, 6.07) is 11.6. The lowest BCUT2D eigenvalue weighted by atomic mass is 9.93. The van der Waals surface area contributed by atoms with Crippen molar-refractivity contribution in [1.29, 1.82) is 0 Å². The summed E-state index contributed by atoms with van der Waals surface area (Å²) in [7, 11) is 0. The van der Waals surface area contributed by atoms with Crippen molar-refractivity contribution in [2.75, 3.05) is 5.32 Å². The SMILES string of the molecule is Cc1c(Cl)cccc1NC(=O)c1oc2c(c1C)/C(=N/NC(=O)c1ccccc1O)CCC2. The zero-order valence-corrected chi connectivity index (χ0v) is 18.4. The predicted molar refractivity (Wildman–Crippen MR) is 123 cm³/mol. The fraction of sp³-hybridized carbons (Fsp3) is 0.208. The van der Waals surface area contributed by atoms with Gasteiger partial charge in [0.25, 0.3) is 11.8 Å². The van der Waals surface area contributed by atoms with Gasteiger partial charge in [-0.15, -0.1) is 0 Å². The third-order valence-corrected chi connectivity index (χ3v) is 5.90. The quantitative estimate of drug-likeness (QED) is 0.486. The molecule has 0 bridgehead atoms. The number of furan rings is 1. The second kappa shape index (κ2) is 8.88. The first kappa shape index (κ1) is 21.6. The molecule has 0 fully saturated rings. The van der Waals surface area contributed by atoms with E-state index in [9.17, 15) is 14.7 Å². The fourth-order valence-corrected chi connectivity index (χ4v) is 3.94. The number of phenolic OH excluding ortho intramolecular Hbond substituents is 1. The molecule has 164 valence electrons. The van der Waals surface area contributed by atoms with Gasteiger partial charge in [0.1, 0.15) is 11.5 Å². The smallest absolute Gasteiger partial charge is 0.291 e. The summed E-state index contributed by atoms with van der Waals surface area (Å²) >= 11 is 6.15. The van der Waals surface area contributed by atoms with E-state index >= 15 is 0 Å². The van der Waals surface area contributed by atoms with E-state index in [1.165, 1.54) is 12.1 Å². The molecule has 4 rings (SSSR count). The average molecular weight is 452 g/mol. The number of hydrazone groups is 1. The van der Waals surface area contributed by atoms with E-state index in [2.05, 4.69) is 15.8 Å². The first-order chi connectivity index (χ1) is 15.4. The van der Waals surface area contributed by atoms with E-state index < -0.39 is 5.91 Å². The van der Waals surface area contributed by atoms with Gasteiger partial charge in [-0.2, -0.15) is 5.10 Å². The predicted octanol–water partition coefficient (Wildman–Crippen LogP) is 4.98. The van der Waals surface area contributed by atoms with Gasteiger partial charge >= 0.3 is 0 Å². The summed E-state index contributed by atoms with van der Waals surface area (Å²) in [5.41, 5.74) is 6.05. The number of hydrogen-bond acceptors (Lipinski definition) is 5. The Balaban J connectivity index is 1.59. The molecule has 0 aliphatic heterocycles. The summed E-state index contributed by atoms with van der Waals surface area (Å²) in [6.45, 7) is 3.63. The van der Waals surface area contributed by atoms with Crippen LogP contribution in [0.4, 0.5) is 5.69 Å². The Morgan fingerprint density at radius 2 is 1.81 bits per heavy atom. The van der Waals surface area contributed by atoms with E-state index in [0.717, 1.165) is 17.5 Å². The number of anilines is 1. The van der Waals surface area contributed by atoms with Crippen LogP contribution in [0.5, 0.6) is 5.75 Å². The largest absolute Gasteiger partial charge is 0.507 e. The first-order valence-corrected chi connectivity index (χ1v) is 10.6. The van der Waals surface area contributed by atoms with Gasteiger partial charge in [-0.25, -0.2) is 5.43 Å². The van der Waals surface area contributed by atoms with E-state index in [-0.39, 0.29) is 23.0 Å². The highest BCUT2D eigenvalue weighted by Gasteiger charge is 2.28. The van der Waals surface area contributed by atoms with Crippen molar-refractivity contribution in [3.63, 3.8) is 0 Å². The Bertz CT molecular complexity index is 1250. The lowest BCUT2D eigenvalue weighted by molar-refractivity contribution is 0.0950. The Kier molecular flexibility index (Phi) is 6.01. The molecule has 3 aromatic rings. The fourth-order valence-electron chi connectivity index (χ4n) is 3.76. The van der Waals surface area contributed by atoms with Crippen molar-refractivity contribution in [3.8, 4) is 5.75 Å². The topological polar surface area (TPSA) is 104 Å². The van der Waals surface area contributed by atoms with Crippen LogP contribution in [0.25, 0.3) is 0 Å². The molecule has 0 saturated carbocycles. The summed E-state index contributed by atoms with van der Waals surface area (Å²) in [5.74, 6) is -0.143. The van der Waals surface area contributed by atoms with Crippen LogP contribution in [0.2, 0.25) is 5.02 Å². The number of amides is 2. The summed E-state index contributed by atoms with van der Waals surface area (Å²) in [4.78, 5) is 25.3. The molecule has 32 heavy (non-hydrogen) atoms. The van der Waals surface area contributed by atoms with Gasteiger partial charge in [0.05, 0.1) is 11.3 Å². The molecule has 1 aliphatic rings. The number of phenols is 1. The molecule has 8 heteroatoms. The number of carbonyl (C=O) groups is 2. The van der Waals surface area contributed by atoms with Crippen molar-refractivity contribution < 1.29 is 19.1 Å². The number of hydrogen-bond donors (Lipinski definition) is 3. The molecular formula is C24H22ClN3O4. The van der Waals surface area contributed by atoms with Crippen LogP contribution in [-0.2, 0) is 6.42 Å².